The normalized spacial score (nSPS) is 25.1. The number of rotatable bonds is 6. The van der Waals surface area contributed by atoms with Crippen LogP contribution in [0.1, 0.15) is 40.5 Å². The maximum atomic E-state index is 12.7. The fourth-order valence-corrected chi connectivity index (χ4v) is 4.93. The van der Waals surface area contributed by atoms with Crippen LogP contribution in [0.2, 0.25) is 0 Å². The molecule has 28 heavy (non-hydrogen) atoms. The Morgan fingerprint density at radius 3 is 1.75 bits per heavy atom. The van der Waals surface area contributed by atoms with E-state index < -0.39 is 0 Å². The van der Waals surface area contributed by atoms with E-state index in [2.05, 4.69) is 52.2 Å². The van der Waals surface area contributed by atoms with Crippen LogP contribution < -0.4 is 0 Å². The molecular formula is C22H43N5O. The van der Waals surface area contributed by atoms with Gasteiger partial charge >= 0.3 is 0 Å². The lowest BCUT2D eigenvalue weighted by atomic mass is 9.95. The molecule has 0 saturated carbocycles. The summed E-state index contributed by atoms with van der Waals surface area (Å²) in [5, 5.41) is 0. The van der Waals surface area contributed by atoms with Gasteiger partial charge in [0.15, 0.2) is 0 Å². The molecule has 0 atom stereocenters. The zero-order valence-corrected chi connectivity index (χ0v) is 18.8. The van der Waals surface area contributed by atoms with Crippen LogP contribution >= 0.6 is 0 Å². The molecule has 6 heteroatoms. The fourth-order valence-electron chi connectivity index (χ4n) is 4.93. The SMILES string of the molecule is CC(C)N1CCC(CN2CCN(C(=O)CN3CCN(C(C)C)CC3)CC2)CC1. The first-order valence-corrected chi connectivity index (χ1v) is 11.6. The molecule has 6 nitrogen and oxygen atoms in total. The van der Waals surface area contributed by atoms with Crippen molar-refractivity contribution in [1.29, 1.82) is 0 Å². The van der Waals surface area contributed by atoms with E-state index in [-0.39, 0.29) is 0 Å². The summed E-state index contributed by atoms with van der Waals surface area (Å²) in [6.07, 6.45) is 2.67. The topological polar surface area (TPSA) is 33.3 Å². The van der Waals surface area contributed by atoms with Gasteiger partial charge in [0.25, 0.3) is 0 Å². The van der Waals surface area contributed by atoms with Crippen molar-refractivity contribution < 1.29 is 4.79 Å². The van der Waals surface area contributed by atoms with E-state index >= 15 is 0 Å². The molecule has 0 bridgehead atoms. The zero-order chi connectivity index (χ0) is 20.1. The van der Waals surface area contributed by atoms with Crippen LogP contribution in [-0.2, 0) is 4.79 Å². The molecule has 3 saturated heterocycles. The maximum Gasteiger partial charge on any atom is 0.236 e. The number of amides is 1. The van der Waals surface area contributed by atoms with Crippen molar-refractivity contribution in [3.05, 3.63) is 0 Å². The summed E-state index contributed by atoms with van der Waals surface area (Å²) in [6.45, 7) is 21.6. The van der Waals surface area contributed by atoms with E-state index in [4.69, 9.17) is 0 Å². The van der Waals surface area contributed by atoms with Gasteiger partial charge in [0.1, 0.15) is 0 Å². The van der Waals surface area contributed by atoms with E-state index in [1.54, 1.807) is 0 Å². The van der Waals surface area contributed by atoms with Crippen LogP contribution in [0, 0.1) is 5.92 Å². The van der Waals surface area contributed by atoms with Crippen molar-refractivity contribution in [3.8, 4) is 0 Å². The van der Waals surface area contributed by atoms with Crippen molar-refractivity contribution in [2.45, 2.75) is 52.6 Å². The average molecular weight is 394 g/mol. The molecule has 0 aliphatic carbocycles. The number of carbonyl (C=O) groups is 1. The zero-order valence-electron chi connectivity index (χ0n) is 18.8. The Morgan fingerprint density at radius 2 is 1.21 bits per heavy atom. The molecule has 3 aliphatic heterocycles. The smallest absolute Gasteiger partial charge is 0.236 e. The molecule has 0 spiro atoms. The first-order valence-electron chi connectivity index (χ1n) is 11.6. The van der Waals surface area contributed by atoms with Gasteiger partial charge < -0.3 is 9.80 Å². The second-order valence-electron chi connectivity index (χ2n) is 9.66. The first-order chi connectivity index (χ1) is 13.4. The molecule has 0 N–H and O–H groups in total. The summed E-state index contributed by atoms with van der Waals surface area (Å²) < 4.78 is 0. The van der Waals surface area contributed by atoms with Gasteiger partial charge in [-0.25, -0.2) is 0 Å². The van der Waals surface area contributed by atoms with Crippen molar-refractivity contribution in [2.75, 3.05) is 78.5 Å². The highest BCUT2D eigenvalue weighted by molar-refractivity contribution is 5.78. The minimum atomic E-state index is 0.336. The predicted molar refractivity (Wildman–Crippen MR) is 116 cm³/mol. The highest BCUT2D eigenvalue weighted by Gasteiger charge is 2.27. The molecule has 0 aromatic carbocycles. The van der Waals surface area contributed by atoms with E-state index in [1.165, 1.54) is 32.5 Å². The van der Waals surface area contributed by atoms with Crippen LogP contribution in [-0.4, -0.2) is 121 Å². The van der Waals surface area contributed by atoms with E-state index in [1.807, 2.05) is 0 Å². The third-order valence-corrected chi connectivity index (χ3v) is 7.12. The van der Waals surface area contributed by atoms with Gasteiger partial charge in [-0.1, -0.05) is 0 Å². The summed E-state index contributed by atoms with van der Waals surface area (Å²) in [5.74, 6) is 1.18. The quantitative estimate of drug-likeness (QED) is 0.679. The Labute approximate surface area is 172 Å². The monoisotopic (exact) mass is 393 g/mol. The van der Waals surface area contributed by atoms with Gasteiger partial charge in [0.05, 0.1) is 6.54 Å². The van der Waals surface area contributed by atoms with Gasteiger partial charge in [-0.3, -0.25) is 19.5 Å². The molecule has 0 radical (unpaired) electrons. The van der Waals surface area contributed by atoms with E-state index in [0.29, 0.717) is 24.5 Å². The molecule has 3 rings (SSSR count). The second-order valence-corrected chi connectivity index (χ2v) is 9.66. The Bertz CT molecular complexity index is 473. The first kappa shape index (κ1) is 22.0. The molecule has 3 aliphatic rings. The predicted octanol–water partition coefficient (Wildman–Crippen LogP) is 1.28. The Balaban J connectivity index is 1.32. The molecule has 0 aromatic rings. The Hall–Kier alpha value is -0.690. The third-order valence-electron chi connectivity index (χ3n) is 7.12. The number of piperazine rings is 2. The van der Waals surface area contributed by atoms with Crippen LogP contribution in [0.3, 0.4) is 0 Å². The second kappa shape index (κ2) is 10.4. The molecule has 162 valence electrons. The number of nitrogens with zero attached hydrogens (tertiary/aromatic N) is 5. The summed E-state index contributed by atoms with van der Waals surface area (Å²) in [5.41, 5.74) is 0. The number of hydrogen-bond acceptors (Lipinski definition) is 5. The fraction of sp³-hybridized carbons (Fsp3) is 0.955. The van der Waals surface area contributed by atoms with Gasteiger partial charge in [-0.2, -0.15) is 0 Å². The minimum absolute atomic E-state index is 0.336. The largest absolute Gasteiger partial charge is 0.339 e. The average Bonchev–Trinajstić information content (AvgIpc) is 2.69. The van der Waals surface area contributed by atoms with Crippen molar-refractivity contribution in [1.82, 2.24) is 24.5 Å². The molecule has 3 fully saturated rings. The van der Waals surface area contributed by atoms with Crippen molar-refractivity contribution in [2.24, 2.45) is 5.92 Å². The maximum absolute atomic E-state index is 12.7. The standard InChI is InChI=1S/C22H43N5O/c1-19(2)25-7-5-21(6-8-25)17-23-11-15-27(16-12-23)22(28)18-24-9-13-26(14-10-24)20(3)4/h19-21H,5-18H2,1-4H3. The molecular weight excluding hydrogens is 350 g/mol. The summed E-state index contributed by atoms with van der Waals surface area (Å²) in [4.78, 5) is 24.9. The summed E-state index contributed by atoms with van der Waals surface area (Å²) >= 11 is 0. The molecule has 1 amide bonds. The molecule has 0 unspecified atom stereocenters. The summed E-state index contributed by atoms with van der Waals surface area (Å²) in [6, 6.07) is 1.30. The number of piperidine rings is 1. The number of hydrogen-bond donors (Lipinski definition) is 0. The third kappa shape index (κ3) is 6.15. The molecule has 0 aromatic heterocycles. The summed E-state index contributed by atoms with van der Waals surface area (Å²) in [7, 11) is 0. The highest BCUT2D eigenvalue weighted by Crippen LogP contribution is 2.20. The van der Waals surface area contributed by atoms with Crippen LogP contribution in [0.4, 0.5) is 0 Å². The van der Waals surface area contributed by atoms with Gasteiger partial charge in [-0.05, 0) is 59.5 Å². The minimum Gasteiger partial charge on any atom is -0.339 e. The number of carbonyl (C=O) groups excluding carboxylic acids is 1. The van der Waals surface area contributed by atoms with E-state index in [0.717, 1.165) is 58.3 Å². The van der Waals surface area contributed by atoms with Gasteiger partial charge in [0, 0.05) is 71.0 Å². The van der Waals surface area contributed by atoms with Crippen molar-refractivity contribution in [3.63, 3.8) is 0 Å². The number of likely N-dealkylation sites (tertiary alicyclic amines) is 1. The lowest BCUT2D eigenvalue weighted by molar-refractivity contribution is -0.134. The van der Waals surface area contributed by atoms with Crippen LogP contribution in [0.5, 0.6) is 0 Å². The lowest BCUT2D eigenvalue weighted by Gasteiger charge is -2.41. The van der Waals surface area contributed by atoms with Crippen molar-refractivity contribution >= 4 is 5.91 Å². The van der Waals surface area contributed by atoms with Gasteiger partial charge in [-0.15, -0.1) is 0 Å². The van der Waals surface area contributed by atoms with Gasteiger partial charge in [0.2, 0.25) is 5.91 Å². The van der Waals surface area contributed by atoms with E-state index in [9.17, 15) is 4.79 Å². The lowest BCUT2D eigenvalue weighted by Crippen LogP contribution is -2.55. The van der Waals surface area contributed by atoms with Crippen LogP contribution in [0.15, 0.2) is 0 Å². The Kier molecular flexibility index (Phi) is 8.15. The Morgan fingerprint density at radius 1 is 0.714 bits per heavy atom. The highest BCUT2D eigenvalue weighted by atomic mass is 16.2. The van der Waals surface area contributed by atoms with Crippen LogP contribution in [0.25, 0.3) is 0 Å². The molecule has 3 heterocycles.